The van der Waals surface area contributed by atoms with E-state index < -0.39 is 35.6 Å². The Hall–Kier alpha value is -2.51. The number of rotatable bonds is 1. The van der Waals surface area contributed by atoms with E-state index in [1.165, 1.54) is 6.07 Å². The highest BCUT2D eigenvalue weighted by Gasteiger charge is 2.40. The van der Waals surface area contributed by atoms with Crippen molar-refractivity contribution in [1.82, 2.24) is 0 Å². The number of ether oxygens (including phenoxy) is 1. The van der Waals surface area contributed by atoms with E-state index in [4.69, 9.17) is 4.74 Å². The van der Waals surface area contributed by atoms with E-state index in [1.807, 2.05) is 0 Å². The monoisotopic (exact) mass is 374 g/mol. The van der Waals surface area contributed by atoms with Crippen molar-refractivity contribution in [3.63, 3.8) is 0 Å². The standard InChI is InChI=1S/C18H12F6O2/c1-8-3-9(2)14-13(4-8)15(26-16(14)25)10-5-11(17(19,20)21)7-12(6-10)18(22,23)24/h3-7,15H,1-2H3. The Balaban J connectivity index is 2.22. The van der Waals surface area contributed by atoms with E-state index in [9.17, 15) is 31.1 Å². The molecule has 0 fully saturated rings. The molecule has 2 nitrogen and oxygen atoms in total. The van der Waals surface area contributed by atoms with E-state index in [-0.39, 0.29) is 22.8 Å². The topological polar surface area (TPSA) is 26.3 Å². The summed E-state index contributed by atoms with van der Waals surface area (Å²) in [5.74, 6) is -0.770. The second kappa shape index (κ2) is 5.75. The van der Waals surface area contributed by atoms with Crippen molar-refractivity contribution < 1.29 is 35.9 Å². The zero-order valence-corrected chi connectivity index (χ0v) is 13.5. The van der Waals surface area contributed by atoms with Crippen LogP contribution in [0.3, 0.4) is 0 Å². The number of halogens is 6. The largest absolute Gasteiger partial charge is 0.449 e. The lowest BCUT2D eigenvalue weighted by Gasteiger charge is -2.18. The van der Waals surface area contributed by atoms with Gasteiger partial charge in [-0.2, -0.15) is 26.3 Å². The SMILES string of the molecule is Cc1cc(C)c2c(c1)C(c1cc(C(F)(F)F)cc(C(F)(F)F)c1)OC2=O. The van der Waals surface area contributed by atoms with Crippen molar-refractivity contribution in [3.8, 4) is 0 Å². The maximum atomic E-state index is 13.0. The van der Waals surface area contributed by atoms with E-state index in [0.717, 1.165) is 0 Å². The fourth-order valence-electron chi connectivity index (χ4n) is 3.09. The number of cyclic esters (lactones) is 1. The highest BCUT2D eigenvalue weighted by atomic mass is 19.4. The van der Waals surface area contributed by atoms with Crippen LogP contribution in [0.1, 0.15) is 49.8 Å². The number of fused-ring (bicyclic) bond motifs is 1. The van der Waals surface area contributed by atoms with Gasteiger partial charge in [0, 0.05) is 5.56 Å². The van der Waals surface area contributed by atoms with Gasteiger partial charge in [-0.25, -0.2) is 4.79 Å². The Bertz CT molecular complexity index is 864. The molecule has 1 heterocycles. The van der Waals surface area contributed by atoms with Gasteiger partial charge in [0.15, 0.2) is 6.10 Å². The molecular weight excluding hydrogens is 362 g/mol. The second-order valence-electron chi connectivity index (χ2n) is 6.17. The third-order valence-corrected chi connectivity index (χ3v) is 4.13. The summed E-state index contributed by atoms with van der Waals surface area (Å²) in [4.78, 5) is 12.1. The predicted octanol–water partition coefficient (Wildman–Crippen LogP) is 5.60. The maximum Gasteiger partial charge on any atom is 0.416 e. The van der Waals surface area contributed by atoms with Crippen molar-refractivity contribution in [2.75, 3.05) is 0 Å². The fraction of sp³-hybridized carbons (Fsp3) is 0.278. The lowest BCUT2D eigenvalue weighted by Crippen LogP contribution is -2.13. The number of hydrogen-bond donors (Lipinski definition) is 0. The van der Waals surface area contributed by atoms with Crippen LogP contribution in [0.15, 0.2) is 30.3 Å². The van der Waals surface area contributed by atoms with Gasteiger partial charge in [0.1, 0.15) is 0 Å². The van der Waals surface area contributed by atoms with Crippen molar-refractivity contribution in [3.05, 3.63) is 69.3 Å². The molecule has 0 aliphatic carbocycles. The molecule has 0 saturated heterocycles. The van der Waals surface area contributed by atoms with E-state index in [2.05, 4.69) is 0 Å². The number of benzene rings is 2. The minimum absolute atomic E-state index is 0.0443. The molecular formula is C18H12F6O2. The Morgan fingerprint density at radius 2 is 1.38 bits per heavy atom. The molecule has 0 radical (unpaired) electrons. The number of aryl methyl sites for hydroxylation is 2. The summed E-state index contributed by atoms with van der Waals surface area (Å²) in [7, 11) is 0. The normalized spacial score (nSPS) is 17.2. The van der Waals surface area contributed by atoms with Gasteiger partial charge in [-0.1, -0.05) is 17.7 Å². The van der Waals surface area contributed by atoms with Crippen LogP contribution in [0.5, 0.6) is 0 Å². The van der Waals surface area contributed by atoms with Crippen molar-refractivity contribution >= 4 is 5.97 Å². The first-order valence-corrected chi connectivity index (χ1v) is 7.49. The molecule has 1 aliphatic rings. The summed E-state index contributed by atoms with van der Waals surface area (Å²) in [6.45, 7) is 3.34. The zero-order chi connectivity index (χ0) is 19.4. The van der Waals surface area contributed by atoms with Gasteiger partial charge in [0.2, 0.25) is 0 Å². The first-order chi connectivity index (χ1) is 11.9. The molecule has 2 aromatic rings. The van der Waals surface area contributed by atoms with Crippen LogP contribution in [0.4, 0.5) is 26.3 Å². The lowest BCUT2D eigenvalue weighted by molar-refractivity contribution is -0.143. The van der Waals surface area contributed by atoms with E-state index >= 15 is 0 Å². The average molecular weight is 374 g/mol. The molecule has 0 bridgehead atoms. The Labute approximate surface area is 144 Å². The molecule has 26 heavy (non-hydrogen) atoms. The van der Waals surface area contributed by atoms with Gasteiger partial charge in [-0.3, -0.25) is 0 Å². The first kappa shape index (κ1) is 18.3. The Kier molecular flexibility index (Phi) is 4.05. The van der Waals surface area contributed by atoms with Crippen molar-refractivity contribution in [2.45, 2.75) is 32.3 Å². The third-order valence-electron chi connectivity index (χ3n) is 4.13. The van der Waals surface area contributed by atoms with Crippen LogP contribution >= 0.6 is 0 Å². The van der Waals surface area contributed by atoms with E-state index in [0.29, 0.717) is 23.3 Å². The first-order valence-electron chi connectivity index (χ1n) is 7.49. The van der Waals surface area contributed by atoms with Gasteiger partial charge in [-0.05, 0) is 43.2 Å². The van der Waals surface area contributed by atoms with Crippen LogP contribution in [-0.4, -0.2) is 5.97 Å². The van der Waals surface area contributed by atoms with Gasteiger partial charge in [0.05, 0.1) is 16.7 Å². The highest BCUT2D eigenvalue weighted by Crippen LogP contribution is 2.42. The quantitative estimate of drug-likeness (QED) is 0.480. The number of carbonyl (C=O) groups excluding carboxylic acids is 1. The minimum atomic E-state index is -4.97. The lowest BCUT2D eigenvalue weighted by atomic mass is 9.92. The molecule has 0 aromatic heterocycles. The molecule has 8 heteroatoms. The van der Waals surface area contributed by atoms with Gasteiger partial charge in [-0.15, -0.1) is 0 Å². The van der Waals surface area contributed by atoms with Crippen LogP contribution in [0.25, 0.3) is 0 Å². The fourth-order valence-corrected chi connectivity index (χ4v) is 3.09. The Morgan fingerprint density at radius 3 is 1.88 bits per heavy atom. The summed E-state index contributed by atoms with van der Waals surface area (Å²) >= 11 is 0. The second-order valence-corrected chi connectivity index (χ2v) is 6.17. The smallest absolute Gasteiger partial charge is 0.416 e. The highest BCUT2D eigenvalue weighted by molar-refractivity contribution is 5.96. The predicted molar refractivity (Wildman–Crippen MR) is 79.6 cm³/mol. The summed E-state index contributed by atoms with van der Waals surface area (Å²) < 4.78 is 83.4. The third kappa shape index (κ3) is 3.15. The van der Waals surface area contributed by atoms with Crippen molar-refractivity contribution in [2.24, 2.45) is 0 Å². The molecule has 0 saturated carbocycles. The molecule has 3 rings (SSSR count). The number of carbonyl (C=O) groups is 1. The molecule has 1 atom stereocenters. The number of hydrogen-bond acceptors (Lipinski definition) is 2. The van der Waals surface area contributed by atoms with Crippen molar-refractivity contribution in [1.29, 1.82) is 0 Å². The minimum Gasteiger partial charge on any atom is -0.449 e. The molecule has 0 spiro atoms. The van der Waals surface area contributed by atoms with E-state index in [1.54, 1.807) is 19.9 Å². The summed E-state index contributed by atoms with van der Waals surface area (Å²) in [5, 5.41) is 0. The molecule has 138 valence electrons. The number of alkyl halides is 6. The molecule has 2 aromatic carbocycles. The molecule has 0 amide bonds. The maximum absolute atomic E-state index is 13.0. The van der Waals surface area contributed by atoms with Crippen LogP contribution < -0.4 is 0 Å². The van der Waals surface area contributed by atoms with Crippen LogP contribution in [0.2, 0.25) is 0 Å². The summed E-state index contributed by atoms with van der Waals surface area (Å²) in [6, 6.07) is 4.43. The molecule has 0 N–H and O–H groups in total. The number of esters is 1. The van der Waals surface area contributed by atoms with Crippen LogP contribution in [0, 0.1) is 13.8 Å². The molecule has 1 unspecified atom stereocenters. The molecule has 1 aliphatic heterocycles. The van der Waals surface area contributed by atoms with Crippen LogP contribution in [-0.2, 0) is 17.1 Å². The summed E-state index contributed by atoms with van der Waals surface area (Å²) in [6.07, 6.45) is -11.3. The van der Waals surface area contributed by atoms with Gasteiger partial charge in [0.25, 0.3) is 0 Å². The van der Waals surface area contributed by atoms with Gasteiger partial charge < -0.3 is 4.74 Å². The Morgan fingerprint density at radius 1 is 0.846 bits per heavy atom. The average Bonchev–Trinajstić information content (AvgIpc) is 2.82. The zero-order valence-electron chi connectivity index (χ0n) is 13.5. The summed E-state index contributed by atoms with van der Waals surface area (Å²) in [5.41, 5.74) is -1.56. The van der Waals surface area contributed by atoms with Gasteiger partial charge >= 0.3 is 18.3 Å².